The highest BCUT2D eigenvalue weighted by molar-refractivity contribution is 5.78. The molecule has 0 aliphatic carbocycles. The van der Waals surface area contributed by atoms with Gasteiger partial charge in [-0.3, -0.25) is 14.4 Å². The maximum absolute atomic E-state index is 11.8. The fourth-order valence-electron chi connectivity index (χ4n) is 2.54. The zero-order valence-corrected chi connectivity index (χ0v) is 13.3. The Kier molecular flexibility index (Phi) is 6.65. The lowest BCUT2D eigenvalue weighted by Gasteiger charge is -2.37. The molecule has 1 rings (SSSR count). The second-order valence-electron chi connectivity index (χ2n) is 5.90. The summed E-state index contributed by atoms with van der Waals surface area (Å²) < 4.78 is 4.97. The number of likely N-dealkylation sites (tertiary alicyclic amines) is 1. The molecule has 6 heteroatoms. The monoisotopic (exact) mass is 298 g/mol. The Labute approximate surface area is 126 Å². The van der Waals surface area contributed by atoms with Gasteiger partial charge in [0.25, 0.3) is 0 Å². The summed E-state index contributed by atoms with van der Waals surface area (Å²) in [5, 5.41) is 2.95. The first kappa shape index (κ1) is 17.5. The van der Waals surface area contributed by atoms with Gasteiger partial charge in [0.15, 0.2) is 0 Å². The number of hydrogen-bond acceptors (Lipinski definition) is 4. The van der Waals surface area contributed by atoms with Crippen molar-refractivity contribution in [1.82, 2.24) is 10.2 Å². The van der Waals surface area contributed by atoms with Crippen LogP contribution >= 0.6 is 0 Å². The Hall–Kier alpha value is -1.59. The van der Waals surface area contributed by atoms with Crippen LogP contribution in [0.2, 0.25) is 0 Å². The second-order valence-corrected chi connectivity index (χ2v) is 5.90. The average molecular weight is 298 g/mol. The summed E-state index contributed by atoms with van der Waals surface area (Å²) in [6.45, 7) is 8.35. The van der Waals surface area contributed by atoms with Crippen LogP contribution in [0.3, 0.4) is 0 Å². The molecule has 2 amide bonds. The van der Waals surface area contributed by atoms with Crippen molar-refractivity contribution in [3.05, 3.63) is 0 Å². The number of carbonyl (C=O) groups excluding carboxylic acids is 3. The van der Waals surface area contributed by atoms with Crippen molar-refractivity contribution < 1.29 is 19.1 Å². The number of nitrogens with zero attached hydrogens (tertiary/aromatic N) is 1. The van der Waals surface area contributed by atoms with Crippen LogP contribution in [0.1, 0.15) is 40.5 Å². The zero-order valence-electron chi connectivity index (χ0n) is 13.3. The van der Waals surface area contributed by atoms with Gasteiger partial charge in [-0.25, -0.2) is 0 Å². The largest absolute Gasteiger partial charge is 0.466 e. The van der Waals surface area contributed by atoms with Gasteiger partial charge in [0.1, 0.15) is 0 Å². The van der Waals surface area contributed by atoms with Gasteiger partial charge in [0.2, 0.25) is 11.8 Å². The zero-order chi connectivity index (χ0) is 16.0. The number of carbonyl (C=O) groups is 3. The molecule has 21 heavy (non-hydrogen) atoms. The van der Waals surface area contributed by atoms with E-state index in [-0.39, 0.29) is 42.1 Å². The molecule has 0 saturated carbocycles. The lowest BCUT2D eigenvalue weighted by Crippen LogP contribution is -2.53. The van der Waals surface area contributed by atoms with Gasteiger partial charge in [0, 0.05) is 32.0 Å². The normalized spacial score (nSPS) is 22.0. The smallest absolute Gasteiger partial charge is 0.306 e. The molecule has 6 nitrogen and oxygen atoms in total. The Morgan fingerprint density at radius 3 is 2.48 bits per heavy atom. The third-order valence-electron chi connectivity index (χ3n) is 3.61. The molecule has 0 aromatic heterocycles. The molecule has 0 bridgehead atoms. The third-order valence-corrected chi connectivity index (χ3v) is 3.61. The van der Waals surface area contributed by atoms with Crippen LogP contribution in [0.4, 0.5) is 0 Å². The predicted molar refractivity (Wildman–Crippen MR) is 78.4 cm³/mol. The van der Waals surface area contributed by atoms with E-state index in [1.165, 1.54) is 6.92 Å². The van der Waals surface area contributed by atoms with E-state index in [1.54, 1.807) is 11.8 Å². The molecule has 2 atom stereocenters. The first-order chi connectivity index (χ1) is 9.83. The van der Waals surface area contributed by atoms with Crippen LogP contribution in [-0.4, -0.2) is 48.4 Å². The van der Waals surface area contributed by atoms with Gasteiger partial charge in [-0.1, -0.05) is 13.8 Å². The van der Waals surface area contributed by atoms with Gasteiger partial charge in [-0.05, 0) is 19.3 Å². The van der Waals surface area contributed by atoms with E-state index in [2.05, 4.69) is 5.32 Å². The van der Waals surface area contributed by atoms with Gasteiger partial charge in [-0.15, -0.1) is 0 Å². The van der Waals surface area contributed by atoms with E-state index < -0.39 is 0 Å². The summed E-state index contributed by atoms with van der Waals surface area (Å²) in [7, 11) is 0. The first-order valence-electron chi connectivity index (χ1n) is 7.55. The van der Waals surface area contributed by atoms with Crippen molar-refractivity contribution in [3.63, 3.8) is 0 Å². The maximum Gasteiger partial charge on any atom is 0.306 e. The van der Waals surface area contributed by atoms with E-state index in [0.29, 0.717) is 26.1 Å². The summed E-state index contributed by atoms with van der Waals surface area (Å²) in [4.78, 5) is 36.7. The van der Waals surface area contributed by atoms with Crippen LogP contribution < -0.4 is 5.32 Å². The second kappa shape index (κ2) is 8.00. The van der Waals surface area contributed by atoms with E-state index >= 15 is 0 Å². The van der Waals surface area contributed by atoms with Crippen molar-refractivity contribution in [2.24, 2.45) is 11.8 Å². The highest BCUT2D eigenvalue weighted by Gasteiger charge is 2.31. The SMILES string of the molecule is CCOC(=O)CC1CC(NC(=O)C(C)C)CN(C(C)=O)C1. The fourth-order valence-corrected chi connectivity index (χ4v) is 2.54. The van der Waals surface area contributed by atoms with E-state index in [9.17, 15) is 14.4 Å². The number of esters is 1. The Morgan fingerprint density at radius 1 is 1.29 bits per heavy atom. The summed E-state index contributed by atoms with van der Waals surface area (Å²) >= 11 is 0. The predicted octanol–water partition coefficient (Wildman–Crippen LogP) is 0.949. The molecular weight excluding hydrogens is 272 g/mol. The standard InChI is InChI=1S/C15H26N2O4/c1-5-21-14(19)7-12-6-13(16-15(20)10(2)3)9-17(8-12)11(4)18/h10,12-13H,5-9H2,1-4H3,(H,16,20). The molecule has 1 fully saturated rings. The number of piperidine rings is 1. The first-order valence-corrected chi connectivity index (χ1v) is 7.55. The molecule has 0 aromatic rings. The van der Waals surface area contributed by atoms with Crippen molar-refractivity contribution >= 4 is 17.8 Å². The van der Waals surface area contributed by atoms with Crippen molar-refractivity contribution in [2.75, 3.05) is 19.7 Å². The molecule has 0 spiro atoms. The Bertz CT molecular complexity index is 395. The fraction of sp³-hybridized carbons (Fsp3) is 0.800. The topological polar surface area (TPSA) is 75.7 Å². The number of rotatable bonds is 5. The molecule has 120 valence electrons. The highest BCUT2D eigenvalue weighted by atomic mass is 16.5. The van der Waals surface area contributed by atoms with Crippen LogP contribution in [0, 0.1) is 11.8 Å². The van der Waals surface area contributed by atoms with Crippen LogP contribution in [0.5, 0.6) is 0 Å². The lowest BCUT2D eigenvalue weighted by molar-refractivity contribution is -0.146. The Balaban J connectivity index is 2.65. The molecular formula is C15H26N2O4. The van der Waals surface area contributed by atoms with Crippen LogP contribution in [0.15, 0.2) is 0 Å². The molecule has 1 saturated heterocycles. The number of hydrogen-bond donors (Lipinski definition) is 1. The molecule has 1 heterocycles. The lowest BCUT2D eigenvalue weighted by atomic mass is 9.91. The minimum Gasteiger partial charge on any atom is -0.466 e. The maximum atomic E-state index is 11.8. The number of amides is 2. The minimum absolute atomic E-state index is 0.0270. The van der Waals surface area contributed by atoms with Crippen molar-refractivity contribution in [2.45, 2.75) is 46.6 Å². The number of nitrogens with one attached hydrogen (secondary N) is 1. The summed E-state index contributed by atoms with van der Waals surface area (Å²) in [5.41, 5.74) is 0. The molecule has 1 aliphatic heterocycles. The van der Waals surface area contributed by atoms with Crippen molar-refractivity contribution in [1.29, 1.82) is 0 Å². The average Bonchev–Trinajstić information content (AvgIpc) is 2.38. The molecule has 2 unspecified atom stereocenters. The van der Waals surface area contributed by atoms with E-state index in [1.807, 2.05) is 13.8 Å². The Morgan fingerprint density at radius 2 is 1.95 bits per heavy atom. The van der Waals surface area contributed by atoms with E-state index in [0.717, 1.165) is 0 Å². The van der Waals surface area contributed by atoms with Gasteiger partial charge in [0.05, 0.1) is 13.0 Å². The van der Waals surface area contributed by atoms with Crippen molar-refractivity contribution in [3.8, 4) is 0 Å². The highest BCUT2D eigenvalue weighted by Crippen LogP contribution is 2.21. The molecule has 0 aromatic carbocycles. The third kappa shape index (κ3) is 5.73. The molecule has 1 N–H and O–H groups in total. The minimum atomic E-state index is -0.248. The van der Waals surface area contributed by atoms with Crippen LogP contribution in [0.25, 0.3) is 0 Å². The summed E-state index contributed by atoms with van der Waals surface area (Å²) in [5.74, 6) is -0.380. The molecule has 0 radical (unpaired) electrons. The molecule has 1 aliphatic rings. The van der Waals surface area contributed by atoms with Gasteiger partial charge < -0.3 is 15.0 Å². The summed E-state index contributed by atoms with van der Waals surface area (Å²) in [6, 6.07) is -0.100. The quantitative estimate of drug-likeness (QED) is 0.767. The van der Waals surface area contributed by atoms with Gasteiger partial charge in [-0.2, -0.15) is 0 Å². The van der Waals surface area contributed by atoms with Gasteiger partial charge >= 0.3 is 5.97 Å². The van der Waals surface area contributed by atoms with Crippen LogP contribution in [-0.2, 0) is 19.1 Å². The number of ether oxygens (including phenoxy) is 1. The summed E-state index contributed by atoms with van der Waals surface area (Å²) in [6.07, 6.45) is 0.979. The van der Waals surface area contributed by atoms with E-state index in [4.69, 9.17) is 4.74 Å².